The molecule has 5 atom stereocenters. The second kappa shape index (κ2) is 8.38. The third-order valence-corrected chi connectivity index (χ3v) is 6.37. The minimum Gasteiger partial charge on any atom is -0.481 e. The van der Waals surface area contributed by atoms with E-state index in [1.54, 1.807) is 0 Å². The first-order valence-corrected chi connectivity index (χ1v) is 9.84. The minimum atomic E-state index is -0.757. The summed E-state index contributed by atoms with van der Waals surface area (Å²) in [5, 5.41) is 29.5. The molecular weight excluding hydrogens is 316 g/mol. The predicted octanol–water partition coefficient (Wildman–Crippen LogP) is 3.13. The van der Waals surface area contributed by atoms with E-state index < -0.39 is 18.2 Å². The predicted molar refractivity (Wildman–Crippen MR) is 95.6 cm³/mol. The van der Waals surface area contributed by atoms with Crippen molar-refractivity contribution in [3.05, 3.63) is 11.6 Å². The van der Waals surface area contributed by atoms with Gasteiger partial charge in [0, 0.05) is 6.42 Å². The number of hydrogen-bond acceptors (Lipinski definition) is 3. The summed E-state index contributed by atoms with van der Waals surface area (Å²) in [5.41, 5.74) is 1.35. The number of aliphatic hydroxyl groups excluding tert-OH is 2. The van der Waals surface area contributed by atoms with E-state index in [1.165, 1.54) is 24.8 Å². The van der Waals surface area contributed by atoms with Crippen molar-refractivity contribution in [3.8, 4) is 11.8 Å². The van der Waals surface area contributed by atoms with Crippen LogP contribution in [0.25, 0.3) is 0 Å². The molecule has 3 fully saturated rings. The maximum atomic E-state index is 10.6. The van der Waals surface area contributed by atoms with Crippen LogP contribution >= 0.6 is 0 Å². The van der Waals surface area contributed by atoms with Gasteiger partial charge >= 0.3 is 5.97 Å². The Bertz CT molecular complexity index is 564. The lowest BCUT2D eigenvalue weighted by atomic mass is 9.57. The molecule has 0 aromatic rings. The lowest BCUT2D eigenvalue weighted by Crippen LogP contribution is -2.44. The average Bonchev–Trinajstić information content (AvgIpc) is 2.59. The van der Waals surface area contributed by atoms with E-state index in [1.807, 2.05) is 0 Å². The molecule has 3 N–H and O–H groups in total. The van der Waals surface area contributed by atoms with Gasteiger partial charge in [0.15, 0.2) is 0 Å². The lowest BCUT2D eigenvalue weighted by Gasteiger charge is -2.48. The highest BCUT2D eigenvalue weighted by atomic mass is 16.4. The van der Waals surface area contributed by atoms with Crippen molar-refractivity contribution in [2.75, 3.05) is 0 Å². The Kier molecular flexibility index (Phi) is 6.19. The molecule has 0 aromatic carbocycles. The summed E-state index contributed by atoms with van der Waals surface area (Å²) in [5.74, 6) is 6.59. The minimum absolute atomic E-state index is 0.0476. The summed E-state index contributed by atoms with van der Waals surface area (Å²) in [7, 11) is 0. The van der Waals surface area contributed by atoms with Crippen LogP contribution in [0.3, 0.4) is 0 Å². The summed E-state index contributed by atoms with van der Waals surface area (Å²) in [6, 6.07) is 0. The largest absolute Gasteiger partial charge is 0.481 e. The van der Waals surface area contributed by atoms with Crippen LogP contribution in [0.5, 0.6) is 0 Å². The normalized spacial score (nSPS) is 35.2. The first-order chi connectivity index (χ1) is 12.1. The van der Waals surface area contributed by atoms with Crippen molar-refractivity contribution in [2.24, 2.45) is 23.7 Å². The Morgan fingerprint density at radius 2 is 1.96 bits per heavy atom. The maximum Gasteiger partial charge on any atom is 0.303 e. The molecule has 4 nitrogen and oxygen atoms in total. The number of carboxylic acid groups (broad SMARTS) is 1. The Morgan fingerprint density at radius 1 is 1.20 bits per heavy atom. The molecule has 3 rings (SSSR count). The zero-order chi connectivity index (χ0) is 17.8. The number of aliphatic hydroxyl groups is 2. The zero-order valence-electron chi connectivity index (χ0n) is 14.9. The second-order valence-electron chi connectivity index (χ2n) is 7.99. The van der Waals surface area contributed by atoms with E-state index in [4.69, 9.17) is 5.11 Å². The van der Waals surface area contributed by atoms with Gasteiger partial charge in [-0.25, -0.2) is 0 Å². The molecule has 0 aliphatic heterocycles. The number of aliphatic carboxylic acids is 1. The van der Waals surface area contributed by atoms with Gasteiger partial charge in [-0.1, -0.05) is 42.8 Å². The van der Waals surface area contributed by atoms with Gasteiger partial charge in [0.2, 0.25) is 0 Å². The summed E-state index contributed by atoms with van der Waals surface area (Å²) in [6.45, 7) is 0. The molecule has 3 aliphatic carbocycles. The molecule has 138 valence electrons. The number of carboxylic acids is 1. The van der Waals surface area contributed by atoms with Crippen LogP contribution in [0.2, 0.25) is 0 Å². The molecule has 0 spiro atoms. The number of allylic oxidation sites excluding steroid dienone is 2. The molecule has 0 aromatic heterocycles. The van der Waals surface area contributed by atoms with Crippen LogP contribution in [-0.2, 0) is 4.79 Å². The fourth-order valence-corrected chi connectivity index (χ4v) is 4.84. The van der Waals surface area contributed by atoms with Gasteiger partial charge in [-0.3, -0.25) is 4.79 Å². The average molecular weight is 346 g/mol. The van der Waals surface area contributed by atoms with E-state index in [-0.39, 0.29) is 12.3 Å². The monoisotopic (exact) mass is 346 g/mol. The molecule has 2 unspecified atom stereocenters. The molecule has 0 radical (unpaired) electrons. The molecule has 4 heteroatoms. The van der Waals surface area contributed by atoms with Gasteiger partial charge < -0.3 is 15.3 Å². The SMILES string of the molecule is O=C(O)CC/C=C1/CC2[C@@H]1CC[C@@H](O)[C@@H]2C#CC(O)C1CCCCC1. The van der Waals surface area contributed by atoms with Crippen LogP contribution in [0.4, 0.5) is 0 Å². The van der Waals surface area contributed by atoms with Crippen molar-refractivity contribution >= 4 is 5.97 Å². The van der Waals surface area contributed by atoms with Crippen molar-refractivity contribution in [1.29, 1.82) is 0 Å². The van der Waals surface area contributed by atoms with Crippen molar-refractivity contribution < 1.29 is 20.1 Å². The van der Waals surface area contributed by atoms with Crippen LogP contribution < -0.4 is 0 Å². The molecule has 0 amide bonds. The fraction of sp³-hybridized carbons (Fsp3) is 0.762. The van der Waals surface area contributed by atoms with Crippen LogP contribution in [0.15, 0.2) is 11.6 Å². The highest BCUT2D eigenvalue weighted by Gasteiger charge is 2.46. The third kappa shape index (κ3) is 4.46. The summed E-state index contributed by atoms with van der Waals surface area (Å²) in [6.07, 6.45) is 10.3. The Hall–Kier alpha value is -1.31. The van der Waals surface area contributed by atoms with Crippen molar-refractivity contribution in [1.82, 2.24) is 0 Å². The van der Waals surface area contributed by atoms with E-state index in [9.17, 15) is 15.0 Å². The Morgan fingerprint density at radius 3 is 2.68 bits per heavy atom. The lowest BCUT2D eigenvalue weighted by molar-refractivity contribution is -0.136. The zero-order valence-corrected chi connectivity index (χ0v) is 14.9. The standard InChI is InChI=1S/C21H30O4/c22-19(14-5-2-1-3-6-14)11-10-17-18-13-15(7-4-8-21(24)25)16(18)9-12-20(17)23/h7,14,16-20,22-23H,1-6,8-9,12-13H2,(H,24,25)/b15-7-/t16-,17-,18?,19?,20-/m1/s1. The topological polar surface area (TPSA) is 77.8 Å². The van der Waals surface area contributed by atoms with Crippen LogP contribution in [0, 0.1) is 35.5 Å². The van der Waals surface area contributed by atoms with Crippen LogP contribution in [-0.4, -0.2) is 33.5 Å². The maximum absolute atomic E-state index is 10.6. The van der Waals surface area contributed by atoms with Gasteiger partial charge in [-0.05, 0) is 56.3 Å². The number of hydrogen-bond donors (Lipinski definition) is 3. The first-order valence-electron chi connectivity index (χ1n) is 9.84. The number of fused-ring (bicyclic) bond motifs is 1. The molecular formula is C21H30O4. The molecule has 0 heterocycles. The first kappa shape index (κ1) is 18.5. The quantitative estimate of drug-likeness (QED) is 0.540. The van der Waals surface area contributed by atoms with Crippen molar-refractivity contribution in [2.45, 2.75) is 76.4 Å². The van der Waals surface area contributed by atoms with Gasteiger partial charge in [-0.15, -0.1) is 0 Å². The summed E-state index contributed by atoms with van der Waals surface area (Å²) < 4.78 is 0. The molecule has 25 heavy (non-hydrogen) atoms. The van der Waals surface area contributed by atoms with Gasteiger partial charge in [0.05, 0.1) is 12.0 Å². The molecule has 0 saturated heterocycles. The highest BCUT2D eigenvalue weighted by molar-refractivity contribution is 5.66. The fourth-order valence-electron chi connectivity index (χ4n) is 4.84. The smallest absolute Gasteiger partial charge is 0.303 e. The van der Waals surface area contributed by atoms with Crippen LogP contribution in [0.1, 0.15) is 64.2 Å². The summed E-state index contributed by atoms with van der Waals surface area (Å²) in [4.78, 5) is 10.6. The van der Waals surface area contributed by atoms with E-state index >= 15 is 0 Å². The van der Waals surface area contributed by atoms with Gasteiger partial charge in [0.25, 0.3) is 0 Å². The Labute approximate surface area is 150 Å². The van der Waals surface area contributed by atoms with Crippen molar-refractivity contribution in [3.63, 3.8) is 0 Å². The molecule has 3 saturated carbocycles. The highest BCUT2D eigenvalue weighted by Crippen LogP contribution is 2.51. The molecule has 0 bridgehead atoms. The molecule has 3 aliphatic rings. The Balaban J connectivity index is 1.58. The van der Waals surface area contributed by atoms with E-state index in [2.05, 4.69) is 17.9 Å². The third-order valence-electron chi connectivity index (χ3n) is 6.37. The number of rotatable bonds is 4. The van der Waals surface area contributed by atoms with E-state index in [0.29, 0.717) is 24.2 Å². The second-order valence-corrected chi connectivity index (χ2v) is 7.99. The number of carbonyl (C=O) groups is 1. The van der Waals surface area contributed by atoms with Gasteiger partial charge in [0.1, 0.15) is 6.10 Å². The summed E-state index contributed by atoms with van der Waals surface area (Å²) >= 11 is 0. The van der Waals surface area contributed by atoms with Gasteiger partial charge in [-0.2, -0.15) is 0 Å². The van der Waals surface area contributed by atoms with E-state index in [0.717, 1.165) is 32.1 Å².